The van der Waals surface area contributed by atoms with E-state index in [9.17, 15) is 0 Å². The van der Waals surface area contributed by atoms with Crippen molar-refractivity contribution in [3.8, 4) is 6.07 Å². The number of rotatable bonds is 6. The fourth-order valence-electron chi connectivity index (χ4n) is 0.864. The van der Waals surface area contributed by atoms with Crippen LogP contribution in [0.5, 0.6) is 0 Å². The van der Waals surface area contributed by atoms with E-state index in [4.69, 9.17) is 5.26 Å². The van der Waals surface area contributed by atoms with Crippen LogP contribution in [0, 0.1) is 11.3 Å². The van der Waals surface area contributed by atoms with Gasteiger partial charge in [0.15, 0.2) is 0 Å². The molecule has 0 fully saturated rings. The number of nitrogens with zero attached hydrogens (tertiary/aromatic N) is 1. The van der Waals surface area contributed by atoms with E-state index in [1.54, 1.807) is 6.08 Å². The Balaban J connectivity index is 2.97. The van der Waals surface area contributed by atoms with Crippen molar-refractivity contribution < 1.29 is 0 Å². The first-order valence-corrected chi connectivity index (χ1v) is 4.07. The molecule has 1 heteroatoms. The molecule has 0 aliphatic rings. The Morgan fingerprint density at radius 2 is 1.91 bits per heavy atom. The fourth-order valence-corrected chi connectivity index (χ4v) is 0.864. The summed E-state index contributed by atoms with van der Waals surface area (Å²) < 4.78 is 0. The highest BCUT2D eigenvalue weighted by Gasteiger charge is 1.83. The van der Waals surface area contributed by atoms with Crippen LogP contribution >= 0.6 is 0 Å². The number of hydrogen-bond acceptors (Lipinski definition) is 1. The highest BCUT2D eigenvalue weighted by molar-refractivity contribution is 5.01. The first-order valence-electron chi connectivity index (χ1n) is 4.07. The topological polar surface area (TPSA) is 23.8 Å². The van der Waals surface area contributed by atoms with Crippen LogP contribution in [-0.2, 0) is 0 Å². The molecule has 0 unspecified atom stereocenters. The Kier molecular flexibility index (Phi) is 8.13. The highest BCUT2D eigenvalue weighted by Crippen LogP contribution is 2.03. The zero-order valence-corrected chi connectivity index (χ0v) is 6.92. The smallest absolute Gasteiger partial charge is 0.0908 e. The third-order valence-corrected chi connectivity index (χ3v) is 1.47. The summed E-state index contributed by atoms with van der Waals surface area (Å²) in [6.07, 6.45) is 11.2. The minimum Gasteiger partial charge on any atom is -0.193 e. The van der Waals surface area contributed by atoms with E-state index in [2.05, 4.69) is 6.58 Å². The average Bonchev–Trinajstić information content (AvgIpc) is 2.03. The molecule has 0 aromatic carbocycles. The highest BCUT2D eigenvalue weighted by atomic mass is 14.2. The summed E-state index contributed by atoms with van der Waals surface area (Å²) in [5, 5.41) is 8.16. The maximum absolute atomic E-state index is 8.16. The zero-order chi connectivity index (χ0) is 8.36. The zero-order valence-electron chi connectivity index (χ0n) is 6.92. The Morgan fingerprint density at radius 3 is 2.55 bits per heavy atom. The van der Waals surface area contributed by atoms with Gasteiger partial charge >= 0.3 is 0 Å². The van der Waals surface area contributed by atoms with Gasteiger partial charge in [-0.25, -0.2) is 0 Å². The van der Waals surface area contributed by atoms with E-state index in [-0.39, 0.29) is 0 Å². The Morgan fingerprint density at radius 1 is 1.18 bits per heavy atom. The van der Waals surface area contributed by atoms with Crippen LogP contribution in [0.25, 0.3) is 0 Å². The van der Waals surface area contributed by atoms with Crippen molar-refractivity contribution in [1.29, 1.82) is 5.26 Å². The molecule has 0 atom stereocenters. The van der Waals surface area contributed by atoms with Crippen molar-refractivity contribution in [1.82, 2.24) is 0 Å². The van der Waals surface area contributed by atoms with Crippen molar-refractivity contribution in [2.75, 3.05) is 0 Å². The molecule has 0 bridgehead atoms. The van der Waals surface area contributed by atoms with Crippen molar-refractivity contribution in [3.05, 3.63) is 24.8 Å². The summed E-state index contributed by atoms with van der Waals surface area (Å²) in [6, 6.07) is 1.97. The van der Waals surface area contributed by atoms with Crippen LogP contribution in [0.2, 0.25) is 0 Å². The molecule has 0 saturated carbocycles. The van der Waals surface area contributed by atoms with Crippen molar-refractivity contribution in [2.24, 2.45) is 0 Å². The van der Waals surface area contributed by atoms with E-state index >= 15 is 0 Å². The summed E-state index contributed by atoms with van der Waals surface area (Å²) in [6.45, 7) is 3.65. The lowest BCUT2D eigenvalue weighted by atomic mass is 10.1. The molecule has 0 aliphatic carbocycles. The van der Waals surface area contributed by atoms with Crippen LogP contribution < -0.4 is 0 Å². The Hall–Kier alpha value is -1.03. The van der Waals surface area contributed by atoms with E-state index < -0.39 is 0 Å². The van der Waals surface area contributed by atoms with Gasteiger partial charge in [-0.2, -0.15) is 5.26 Å². The van der Waals surface area contributed by atoms with Crippen molar-refractivity contribution in [2.45, 2.75) is 32.1 Å². The molecule has 0 aromatic heterocycles. The maximum Gasteiger partial charge on any atom is 0.0908 e. The molecule has 0 spiro atoms. The normalized spacial score (nSPS) is 9.73. The fraction of sp³-hybridized carbons (Fsp3) is 0.500. The quantitative estimate of drug-likeness (QED) is 0.323. The molecular weight excluding hydrogens is 134 g/mol. The van der Waals surface area contributed by atoms with Gasteiger partial charge < -0.3 is 0 Å². The molecule has 60 valence electrons. The molecule has 0 heterocycles. The first kappa shape index (κ1) is 9.97. The molecule has 11 heavy (non-hydrogen) atoms. The standard InChI is InChI=1S/C10H15N/c1-2-3-4-5-6-7-8-9-10-11/h2,8-9H,1,3-7H2/b9-8+. The predicted octanol–water partition coefficient (Wildman–Crippen LogP) is 3.20. The third-order valence-electron chi connectivity index (χ3n) is 1.47. The Labute approximate surface area is 69.0 Å². The lowest BCUT2D eigenvalue weighted by molar-refractivity contribution is 0.696. The molecule has 0 radical (unpaired) electrons. The number of hydrogen-bond donors (Lipinski definition) is 0. The van der Waals surface area contributed by atoms with Gasteiger partial charge in [-0.15, -0.1) is 6.58 Å². The van der Waals surface area contributed by atoms with Crippen LogP contribution in [0.15, 0.2) is 24.8 Å². The minimum absolute atomic E-state index is 1.03. The molecule has 0 saturated heterocycles. The van der Waals surface area contributed by atoms with Gasteiger partial charge in [0, 0.05) is 6.08 Å². The second kappa shape index (κ2) is 8.97. The summed E-state index contributed by atoms with van der Waals surface area (Å²) in [4.78, 5) is 0. The van der Waals surface area contributed by atoms with E-state index in [1.165, 1.54) is 19.3 Å². The number of allylic oxidation sites excluding steroid dienone is 3. The predicted molar refractivity (Wildman–Crippen MR) is 48.0 cm³/mol. The van der Waals surface area contributed by atoms with Crippen molar-refractivity contribution >= 4 is 0 Å². The van der Waals surface area contributed by atoms with Gasteiger partial charge in [0.2, 0.25) is 0 Å². The van der Waals surface area contributed by atoms with Crippen LogP contribution in [0.1, 0.15) is 32.1 Å². The van der Waals surface area contributed by atoms with E-state index in [1.807, 2.05) is 18.2 Å². The van der Waals surface area contributed by atoms with E-state index in [0.29, 0.717) is 0 Å². The maximum atomic E-state index is 8.16. The molecule has 1 nitrogen and oxygen atoms in total. The van der Waals surface area contributed by atoms with Gasteiger partial charge in [0.25, 0.3) is 0 Å². The van der Waals surface area contributed by atoms with Gasteiger partial charge in [-0.3, -0.25) is 0 Å². The molecule has 0 aliphatic heterocycles. The summed E-state index contributed by atoms with van der Waals surface area (Å²) in [7, 11) is 0. The minimum atomic E-state index is 1.03. The second-order valence-electron chi connectivity index (χ2n) is 2.46. The lowest BCUT2D eigenvalue weighted by Gasteiger charge is -1.93. The van der Waals surface area contributed by atoms with Gasteiger partial charge in [0.1, 0.15) is 0 Å². The van der Waals surface area contributed by atoms with Crippen LogP contribution in [0.3, 0.4) is 0 Å². The lowest BCUT2D eigenvalue weighted by Crippen LogP contribution is -1.73. The second-order valence-corrected chi connectivity index (χ2v) is 2.46. The molecule has 0 aromatic rings. The average molecular weight is 149 g/mol. The molecule has 0 rings (SSSR count). The summed E-state index contributed by atoms with van der Waals surface area (Å²) >= 11 is 0. The molecule has 0 amide bonds. The largest absolute Gasteiger partial charge is 0.193 e. The van der Waals surface area contributed by atoms with Gasteiger partial charge in [0.05, 0.1) is 6.07 Å². The monoisotopic (exact) mass is 149 g/mol. The molecule has 0 N–H and O–H groups in total. The van der Waals surface area contributed by atoms with Gasteiger partial charge in [-0.1, -0.05) is 18.6 Å². The number of nitriles is 1. The third kappa shape index (κ3) is 8.97. The SMILES string of the molecule is C=CCCCCC/C=C/C#N. The van der Waals surface area contributed by atoms with Gasteiger partial charge in [-0.05, 0) is 25.7 Å². The summed E-state index contributed by atoms with van der Waals surface area (Å²) in [5.41, 5.74) is 0. The van der Waals surface area contributed by atoms with Crippen molar-refractivity contribution in [3.63, 3.8) is 0 Å². The summed E-state index contributed by atoms with van der Waals surface area (Å²) in [5.74, 6) is 0. The Bertz CT molecular complexity index is 151. The number of unbranched alkanes of at least 4 members (excludes halogenated alkanes) is 4. The first-order chi connectivity index (χ1) is 5.41. The van der Waals surface area contributed by atoms with E-state index in [0.717, 1.165) is 12.8 Å². The molecular formula is C10H15N. The van der Waals surface area contributed by atoms with Crippen LogP contribution in [-0.4, -0.2) is 0 Å². The van der Waals surface area contributed by atoms with Crippen LogP contribution in [0.4, 0.5) is 0 Å².